The normalized spacial score (nSPS) is 19.9. The minimum atomic E-state index is -0.259. The Hall–Kier alpha value is -1.33. The number of hydrogen-bond donors (Lipinski definition) is 2. The smallest absolute Gasteiger partial charge is 0.222 e. The van der Waals surface area contributed by atoms with Gasteiger partial charge in [0.1, 0.15) is 5.82 Å². The van der Waals surface area contributed by atoms with Crippen LogP contribution in [-0.2, 0) is 11.3 Å². The lowest BCUT2D eigenvalue weighted by atomic mass is 9.97. The van der Waals surface area contributed by atoms with Gasteiger partial charge in [-0.15, -0.1) is 0 Å². The predicted octanol–water partition coefficient (Wildman–Crippen LogP) is 0.895. The van der Waals surface area contributed by atoms with E-state index >= 15 is 0 Å². The van der Waals surface area contributed by atoms with Crippen molar-refractivity contribution in [2.75, 3.05) is 18.0 Å². The molecule has 1 aromatic heterocycles. The summed E-state index contributed by atoms with van der Waals surface area (Å²) in [6.07, 6.45) is 3.44. The Bertz CT molecular complexity index is 452. The van der Waals surface area contributed by atoms with Gasteiger partial charge in [0.25, 0.3) is 0 Å². The van der Waals surface area contributed by atoms with Crippen molar-refractivity contribution in [2.24, 2.45) is 17.4 Å². The molecule has 1 saturated heterocycles. The molecule has 2 heterocycles. The van der Waals surface area contributed by atoms with Crippen molar-refractivity contribution in [2.45, 2.75) is 19.4 Å². The molecule has 18 heavy (non-hydrogen) atoms. The van der Waals surface area contributed by atoms with E-state index in [2.05, 4.69) is 4.98 Å². The highest BCUT2D eigenvalue weighted by Crippen LogP contribution is 2.29. The van der Waals surface area contributed by atoms with Crippen LogP contribution in [-0.4, -0.2) is 24.0 Å². The van der Waals surface area contributed by atoms with Gasteiger partial charge < -0.3 is 16.4 Å². The molecule has 2 rings (SSSR count). The Labute approximate surface area is 111 Å². The van der Waals surface area contributed by atoms with Gasteiger partial charge in [0, 0.05) is 25.8 Å². The Kier molecular flexibility index (Phi) is 4.04. The van der Waals surface area contributed by atoms with Crippen LogP contribution in [0.4, 0.5) is 5.82 Å². The molecule has 0 aromatic carbocycles. The molecule has 0 saturated carbocycles. The number of amides is 1. The summed E-state index contributed by atoms with van der Waals surface area (Å²) in [4.78, 5) is 17.6. The summed E-state index contributed by atoms with van der Waals surface area (Å²) in [6, 6.07) is 1.81. The fourth-order valence-corrected chi connectivity index (χ4v) is 2.56. The van der Waals surface area contributed by atoms with Gasteiger partial charge >= 0.3 is 0 Å². The third kappa shape index (κ3) is 2.57. The Morgan fingerprint density at radius 1 is 1.61 bits per heavy atom. The van der Waals surface area contributed by atoms with Crippen molar-refractivity contribution >= 4 is 23.3 Å². The number of rotatable bonds is 3. The standard InChI is InChI=1S/C12H17ClN4O/c13-10-8(6-14)3-4-16-12(10)17-5-1-2-9(7-17)11(15)18/h3-4,9H,1-2,5-7,14H2,(H2,15,18). The first-order valence-electron chi connectivity index (χ1n) is 6.01. The molecule has 1 aliphatic rings. The highest BCUT2D eigenvalue weighted by molar-refractivity contribution is 6.33. The quantitative estimate of drug-likeness (QED) is 0.853. The maximum atomic E-state index is 11.3. The van der Waals surface area contributed by atoms with Crippen molar-refractivity contribution < 1.29 is 4.79 Å². The monoisotopic (exact) mass is 268 g/mol. The fraction of sp³-hybridized carbons (Fsp3) is 0.500. The number of nitrogens with zero attached hydrogens (tertiary/aromatic N) is 2. The third-order valence-electron chi connectivity index (χ3n) is 3.29. The lowest BCUT2D eigenvalue weighted by molar-refractivity contribution is -0.122. The zero-order chi connectivity index (χ0) is 13.1. The van der Waals surface area contributed by atoms with Gasteiger partial charge in [0.05, 0.1) is 10.9 Å². The zero-order valence-corrected chi connectivity index (χ0v) is 10.9. The van der Waals surface area contributed by atoms with Crippen LogP contribution in [0.1, 0.15) is 18.4 Å². The van der Waals surface area contributed by atoms with Crippen molar-refractivity contribution in [1.82, 2.24) is 4.98 Å². The topological polar surface area (TPSA) is 85.2 Å². The average molecular weight is 269 g/mol. The second-order valence-electron chi connectivity index (χ2n) is 4.50. The highest BCUT2D eigenvalue weighted by atomic mass is 35.5. The minimum Gasteiger partial charge on any atom is -0.369 e. The molecule has 0 radical (unpaired) electrons. The molecule has 0 aliphatic carbocycles. The number of hydrogen-bond acceptors (Lipinski definition) is 4. The maximum Gasteiger partial charge on any atom is 0.222 e. The van der Waals surface area contributed by atoms with Gasteiger partial charge in [-0.2, -0.15) is 0 Å². The number of anilines is 1. The molecule has 1 unspecified atom stereocenters. The lowest BCUT2D eigenvalue weighted by Crippen LogP contribution is -2.41. The van der Waals surface area contributed by atoms with Crippen molar-refractivity contribution in [3.05, 3.63) is 22.8 Å². The number of pyridine rings is 1. The van der Waals surface area contributed by atoms with Gasteiger partial charge in [-0.25, -0.2) is 4.98 Å². The largest absolute Gasteiger partial charge is 0.369 e. The molecule has 1 atom stereocenters. The number of aromatic nitrogens is 1. The van der Waals surface area contributed by atoms with E-state index in [1.807, 2.05) is 4.90 Å². The van der Waals surface area contributed by atoms with E-state index in [4.69, 9.17) is 23.1 Å². The molecule has 1 aromatic rings. The first kappa shape index (κ1) is 13.1. The Morgan fingerprint density at radius 3 is 3.06 bits per heavy atom. The van der Waals surface area contributed by atoms with Crippen LogP contribution >= 0.6 is 11.6 Å². The van der Waals surface area contributed by atoms with Crippen LogP contribution in [0.15, 0.2) is 12.3 Å². The van der Waals surface area contributed by atoms with Crippen molar-refractivity contribution in [3.63, 3.8) is 0 Å². The maximum absolute atomic E-state index is 11.3. The second kappa shape index (κ2) is 5.54. The number of piperidine rings is 1. The lowest BCUT2D eigenvalue weighted by Gasteiger charge is -2.32. The van der Waals surface area contributed by atoms with Crippen LogP contribution in [0.25, 0.3) is 0 Å². The molecule has 6 heteroatoms. The first-order valence-corrected chi connectivity index (χ1v) is 6.39. The van der Waals surface area contributed by atoms with Crippen LogP contribution in [0.2, 0.25) is 5.02 Å². The summed E-state index contributed by atoms with van der Waals surface area (Å²) in [6.45, 7) is 1.79. The fourth-order valence-electron chi connectivity index (χ4n) is 2.25. The van der Waals surface area contributed by atoms with Crippen molar-refractivity contribution in [1.29, 1.82) is 0 Å². The van der Waals surface area contributed by atoms with E-state index in [1.165, 1.54) is 0 Å². The van der Waals surface area contributed by atoms with Crippen LogP contribution < -0.4 is 16.4 Å². The highest BCUT2D eigenvalue weighted by Gasteiger charge is 2.26. The van der Waals surface area contributed by atoms with Crippen LogP contribution in [0.5, 0.6) is 0 Å². The van der Waals surface area contributed by atoms with E-state index in [0.29, 0.717) is 23.9 Å². The van der Waals surface area contributed by atoms with Gasteiger partial charge in [-0.3, -0.25) is 4.79 Å². The first-order chi connectivity index (χ1) is 8.63. The molecule has 5 nitrogen and oxygen atoms in total. The van der Waals surface area contributed by atoms with E-state index in [-0.39, 0.29) is 11.8 Å². The number of nitrogens with two attached hydrogens (primary N) is 2. The summed E-state index contributed by atoms with van der Waals surface area (Å²) < 4.78 is 0. The predicted molar refractivity (Wildman–Crippen MR) is 71.3 cm³/mol. The molecule has 4 N–H and O–H groups in total. The zero-order valence-electron chi connectivity index (χ0n) is 10.1. The van der Waals surface area contributed by atoms with E-state index in [9.17, 15) is 4.79 Å². The summed E-state index contributed by atoms with van der Waals surface area (Å²) in [5.41, 5.74) is 11.8. The number of carbonyl (C=O) groups is 1. The summed E-state index contributed by atoms with van der Waals surface area (Å²) in [5, 5.41) is 0.574. The molecule has 98 valence electrons. The molecule has 0 spiro atoms. The van der Waals surface area contributed by atoms with Gasteiger partial charge in [-0.05, 0) is 24.5 Å². The minimum absolute atomic E-state index is 0.127. The third-order valence-corrected chi connectivity index (χ3v) is 3.71. The van der Waals surface area contributed by atoms with Crippen LogP contribution in [0, 0.1) is 5.92 Å². The number of primary amides is 1. The molecule has 1 aliphatic heterocycles. The Balaban J connectivity index is 2.23. The summed E-state index contributed by atoms with van der Waals surface area (Å²) in [5.74, 6) is 0.314. The number of halogens is 1. The SMILES string of the molecule is NCc1ccnc(N2CCCC(C(N)=O)C2)c1Cl. The Morgan fingerprint density at radius 2 is 2.39 bits per heavy atom. The summed E-state index contributed by atoms with van der Waals surface area (Å²) in [7, 11) is 0. The van der Waals surface area contributed by atoms with E-state index < -0.39 is 0 Å². The molecular formula is C12H17ClN4O. The molecule has 0 bridgehead atoms. The van der Waals surface area contributed by atoms with E-state index in [0.717, 1.165) is 24.9 Å². The second-order valence-corrected chi connectivity index (χ2v) is 4.88. The van der Waals surface area contributed by atoms with Gasteiger partial charge in [-0.1, -0.05) is 11.6 Å². The number of carbonyl (C=O) groups excluding carboxylic acids is 1. The van der Waals surface area contributed by atoms with Gasteiger partial charge in [0.15, 0.2) is 0 Å². The molecule has 1 fully saturated rings. The van der Waals surface area contributed by atoms with Gasteiger partial charge in [0.2, 0.25) is 5.91 Å². The van der Waals surface area contributed by atoms with Crippen LogP contribution in [0.3, 0.4) is 0 Å². The van der Waals surface area contributed by atoms with E-state index in [1.54, 1.807) is 12.3 Å². The summed E-state index contributed by atoms with van der Waals surface area (Å²) >= 11 is 6.27. The molecular weight excluding hydrogens is 252 g/mol. The average Bonchev–Trinajstić information content (AvgIpc) is 2.39. The molecule has 1 amide bonds. The van der Waals surface area contributed by atoms with Crippen molar-refractivity contribution in [3.8, 4) is 0 Å².